The van der Waals surface area contributed by atoms with Gasteiger partial charge in [0.05, 0.1) is 5.69 Å². The molecular weight excluding hydrogens is 344 g/mol. The molecule has 25 heavy (non-hydrogen) atoms. The lowest BCUT2D eigenvalue weighted by Crippen LogP contribution is -2.35. The summed E-state index contributed by atoms with van der Waals surface area (Å²) < 4.78 is 28.2. The third kappa shape index (κ3) is 5.46. The number of aromatic nitrogens is 1. The average Bonchev–Trinajstić information content (AvgIpc) is 2.87. The molecule has 6 heteroatoms. The van der Waals surface area contributed by atoms with Crippen LogP contribution in [0.25, 0.3) is 0 Å². The molecule has 3 rings (SSSR count). The Kier molecular flexibility index (Phi) is 7.75. The predicted molar refractivity (Wildman–Crippen MR) is 97.6 cm³/mol. The van der Waals surface area contributed by atoms with Gasteiger partial charge in [0.25, 0.3) is 0 Å². The lowest BCUT2D eigenvalue weighted by atomic mass is 10.0. The van der Waals surface area contributed by atoms with E-state index < -0.39 is 11.6 Å². The Hall–Kier alpha value is -1.56. The molecule has 1 aliphatic rings. The third-order valence-electron chi connectivity index (χ3n) is 4.58. The molecule has 2 heterocycles. The van der Waals surface area contributed by atoms with Crippen molar-refractivity contribution in [2.24, 2.45) is 0 Å². The molecule has 0 radical (unpaired) electrons. The second-order valence-corrected chi connectivity index (χ2v) is 6.26. The molecule has 1 aromatic carbocycles. The van der Waals surface area contributed by atoms with E-state index >= 15 is 0 Å². The van der Waals surface area contributed by atoms with Gasteiger partial charge in [-0.25, -0.2) is 8.78 Å². The summed E-state index contributed by atoms with van der Waals surface area (Å²) in [5, 5.41) is 3.39. The van der Waals surface area contributed by atoms with Crippen LogP contribution in [0, 0.1) is 11.6 Å². The molecule has 0 amide bonds. The maximum atomic E-state index is 14.1. The van der Waals surface area contributed by atoms with Crippen LogP contribution in [0.4, 0.5) is 8.78 Å². The second-order valence-electron chi connectivity index (χ2n) is 6.26. The van der Waals surface area contributed by atoms with Crippen molar-refractivity contribution >= 4 is 12.4 Å². The Labute approximate surface area is 153 Å². The normalized spacial score (nSPS) is 17.8. The van der Waals surface area contributed by atoms with E-state index in [9.17, 15) is 8.78 Å². The van der Waals surface area contributed by atoms with Gasteiger partial charge in [0, 0.05) is 30.9 Å². The Morgan fingerprint density at radius 2 is 1.80 bits per heavy atom. The summed E-state index contributed by atoms with van der Waals surface area (Å²) in [5.74, 6) is -0.958. The minimum absolute atomic E-state index is 0. The molecule has 2 aromatic rings. The van der Waals surface area contributed by atoms with Gasteiger partial charge in [-0.2, -0.15) is 0 Å². The van der Waals surface area contributed by atoms with Gasteiger partial charge in [-0.1, -0.05) is 12.1 Å². The highest BCUT2D eigenvalue weighted by molar-refractivity contribution is 5.85. The summed E-state index contributed by atoms with van der Waals surface area (Å²) in [6, 6.07) is 10.1. The van der Waals surface area contributed by atoms with Crippen LogP contribution < -0.4 is 5.32 Å². The van der Waals surface area contributed by atoms with Crippen LogP contribution in [0.1, 0.15) is 30.5 Å². The molecule has 0 bridgehead atoms. The predicted octanol–water partition coefficient (Wildman–Crippen LogP) is 3.93. The van der Waals surface area contributed by atoms with Gasteiger partial charge in [0.1, 0.15) is 11.6 Å². The molecule has 1 N–H and O–H groups in total. The summed E-state index contributed by atoms with van der Waals surface area (Å²) in [6.45, 7) is 2.80. The SMILES string of the molecule is Cl.Fc1cccc(F)c1CN(Cc1ccccn1)C1CCCNCC1. The monoisotopic (exact) mass is 367 g/mol. The van der Waals surface area contributed by atoms with E-state index in [-0.39, 0.29) is 24.5 Å². The first-order valence-electron chi connectivity index (χ1n) is 8.51. The smallest absolute Gasteiger partial charge is 0.130 e. The fourth-order valence-corrected chi connectivity index (χ4v) is 3.27. The van der Waals surface area contributed by atoms with Crippen molar-refractivity contribution in [1.29, 1.82) is 0 Å². The number of pyridine rings is 1. The van der Waals surface area contributed by atoms with Crippen LogP contribution >= 0.6 is 12.4 Å². The largest absolute Gasteiger partial charge is 0.317 e. The molecule has 0 saturated carbocycles. The van der Waals surface area contributed by atoms with Crippen LogP contribution in [-0.4, -0.2) is 29.0 Å². The third-order valence-corrected chi connectivity index (χ3v) is 4.58. The van der Waals surface area contributed by atoms with Gasteiger partial charge in [-0.3, -0.25) is 9.88 Å². The van der Waals surface area contributed by atoms with Crippen LogP contribution in [0.2, 0.25) is 0 Å². The molecule has 1 aliphatic heterocycles. The van der Waals surface area contributed by atoms with E-state index in [1.54, 1.807) is 6.20 Å². The van der Waals surface area contributed by atoms with E-state index in [4.69, 9.17) is 0 Å². The first-order valence-corrected chi connectivity index (χ1v) is 8.51. The second kappa shape index (κ2) is 9.80. The molecule has 136 valence electrons. The average molecular weight is 368 g/mol. The van der Waals surface area contributed by atoms with Crippen molar-refractivity contribution in [3.63, 3.8) is 0 Å². The van der Waals surface area contributed by atoms with Gasteiger partial charge >= 0.3 is 0 Å². The van der Waals surface area contributed by atoms with Crippen molar-refractivity contribution in [3.8, 4) is 0 Å². The number of hydrogen-bond acceptors (Lipinski definition) is 3. The summed E-state index contributed by atoms with van der Waals surface area (Å²) in [5.41, 5.74) is 1.07. The van der Waals surface area contributed by atoms with Crippen molar-refractivity contribution in [2.45, 2.75) is 38.4 Å². The molecular formula is C19H24ClF2N3. The van der Waals surface area contributed by atoms with E-state index in [2.05, 4.69) is 15.2 Å². The number of nitrogens with one attached hydrogen (secondary N) is 1. The number of nitrogens with zero attached hydrogens (tertiary/aromatic N) is 2. The highest BCUT2D eigenvalue weighted by atomic mass is 35.5. The Bertz CT molecular complexity index is 626. The van der Waals surface area contributed by atoms with Gasteiger partial charge in [0.15, 0.2) is 0 Å². The molecule has 0 spiro atoms. The summed E-state index contributed by atoms with van der Waals surface area (Å²) >= 11 is 0. The topological polar surface area (TPSA) is 28.2 Å². The van der Waals surface area contributed by atoms with Crippen LogP contribution in [0.3, 0.4) is 0 Å². The first-order chi connectivity index (χ1) is 11.7. The van der Waals surface area contributed by atoms with Gasteiger partial charge < -0.3 is 5.32 Å². The first kappa shape index (κ1) is 19.8. The van der Waals surface area contributed by atoms with Crippen LogP contribution in [0.15, 0.2) is 42.6 Å². The van der Waals surface area contributed by atoms with E-state index in [1.807, 2.05) is 18.2 Å². The molecule has 0 aliphatic carbocycles. The maximum absolute atomic E-state index is 14.1. The Morgan fingerprint density at radius 1 is 1.00 bits per heavy atom. The van der Waals surface area contributed by atoms with Crippen LogP contribution in [0.5, 0.6) is 0 Å². The molecule has 3 nitrogen and oxygen atoms in total. The van der Waals surface area contributed by atoms with Gasteiger partial charge in [-0.05, 0) is 56.6 Å². The summed E-state index contributed by atoms with van der Waals surface area (Å²) in [4.78, 5) is 6.54. The zero-order valence-electron chi connectivity index (χ0n) is 14.1. The van der Waals surface area contributed by atoms with Crippen molar-refractivity contribution in [3.05, 3.63) is 65.5 Å². The standard InChI is InChI=1S/C19H23F2N3.ClH/c20-18-7-3-8-19(21)17(18)14-24(13-15-5-1-2-11-23-15)16-6-4-10-22-12-9-16;/h1-3,5,7-8,11,16,22H,4,6,9-10,12-14H2;1H. The summed E-state index contributed by atoms with van der Waals surface area (Å²) in [6.07, 6.45) is 4.83. The lowest BCUT2D eigenvalue weighted by Gasteiger charge is -2.31. The minimum Gasteiger partial charge on any atom is -0.317 e. The van der Waals surface area contributed by atoms with E-state index in [0.29, 0.717) is 12.6 Å². The van der Waals surface area contributed by atoms with Gasteiger partial charge in [-0.15, -0.1) is 12.4 Å². The minimum atomic E-state index is -0.479. The highest BCUT2D eigenvalue weighted by Gasteiger charge is 2.23. The van der Waals surface area contributed by atoms with Gasteiger partial charge in [0.2, 0.25) is 0 Å². The fourth-order valence-electron chi connectivity index (χ4n) is 3.27. The number of halogens is 3. The van der Waals surface area contributed by atoms with Crippen LogP contribution in [-0.2, 0) is 13.1 Å². The van der Waals surface area contributed by atoms with Crippen molar-refractivity contribution in [2.75, 3.05) is 13.1 Å². The molecule has 1 atom stereocenters. The Balaban J connectivity index is 0.00000225. The molecule has 1 unspecified atom stereocenters. The molecule has 1 fully saturated rings. The quantitative estimate of drug-likeness (QED) is 0.868. The van der Waals surface area contributed by atoms with E-state index in [1.165, 1.54) is 18.2 Å². The Morgan fingerprint density at radius 3 is 2.52 bits per heavy atom. The van der Waals surface area contributed by atoms with E-state index in [0.717, 1.165) is 38.0 Å². The number of rotatable bonds is 5. The summed E-state index contributed by atoms with van der Waals surface area (Å²) in [7, 11) is 0. The molecule has 1 aromatic heterocycles. The number of hydrogen-bond donors (Lipinski definition) is 1. The zero-order chi connectivity index (χ0) is 16.8. The lowest BCUT2D eigenvalue weighted by molar-refractivity contribution is 0.158. The number of benzene rings is 1. The van der Waals surface area contributed by atoms with Crippen molar-refractivity contribution in [1.82, 2.24) is 15.2 Å². The zero-order valence-corrected chi connectivity index (χ0v) is 14.9. The maximum Gasteiger partial charge on any atom is 0.130 e. The highest BCUT2D eigenvalue weighted by Crippen LogP contribution is 2.22. The molecule has 1 saturated heterocycles. The fraction of sp³-hybridized carbons (Fsp3) is 0.421. The van der Waals surface area contributed by atoms with Crippen molar-refractivity contribution < 1.29 is 8.78 Å².